The van der Waals surface area contributed by atoms with Crippen LogP contribution >= 0.6 is 0 Å². The Morgan fingerprint density at radius 2 is 1.95 bits per heavy atom. The molecule has 6 nitrogen and oxygen atoms in total. The van der Waals surface area contributed by atoms with Gasteiger partial charge in [0, 0.05) is 38.0 Å². The van der Waals surface area contributed by atoms with Gasteiger partial charge in [0.05, 0.1) is 6.04 Å². The largest absolute Gasteiger partial charge is 0.444 e. The number of likely N-dealkylation sites (tertiary alicyclic amines) is 2. The zero-order chi connectivity index (χ0) is 15.3. The molecule has 20 heavy (non-hydrogen) atoms. The van der Waals surface area contributed by atoms with Gasteiger partial charge in [0.15, 0.2) is 0 Å². The maximum atomic E-state index is 12.0. The fourth-order valence-corrected chi connectivity index (χ4v) is 3.35. The van der Waals surface area contributed by atoms with E-state index < -0.39 is 5.60 Å². The van der Waals surface area contributed by atoms with Crippen molar-refractivity contribution >= 4 is 12.0 Å². The zero-order valence-electron chi connectivity index (χ0n) is 13.0. The van der Waals surface area contributed by atoms with Crippen LogP contribution in [0.15, 0.2) is 0 Å². The van der Waals surface area contributed by atoms with Crippen molar-refractivity contribution in [3.05, 3.63) is 0 Å². The first kappa shape index (κ1) is 15.1. The van der Waals surface area contributed by atoms with Crippen molar-refractivity contribution in [3.8, 4) is 0 Å². The van der Waals surface area contributed by atoms with E-state index in [1.54, 1.807) is 16.8 Å². The normalized spacial score (nSPS) is 29.4. The highest BCUT2D eigenvalue weighted by Crippen LogP contribution is 2.40. The summed E-state index contributed by atoms with van der Waals surface area (Å²) in [6.45, 7) is 8.79. The van der Waals surface area contributed by atoms with E-state index in [-0.39, 0.29) is 29.5 Å². The molecule has 114 valence electrons. The van der Waals surface area contributed by atoms with E-state index in [2.05, 4.69) is 6.92 Å². The second-order valence-corrected chi connectivity index (χ2v) is 7.31. The van der Waals surface area contributed by atoms with Crippen LogP contribution in [0.1, 0.15) is 34.1 Å². The van der Waals surface area contributed by atoms with Gasteiger partial charge in [-0.05, 0) is 20.8 Å². The molecule has 0 spiro atoms. The lowest BCUT2D eigenvalue weighted by Crippen LogP contribution is -2.67. The van der Waals surface area contributed by atoms with Crippen molar-refractivity contribution < 1.29 is 14.3 Å². The molecule has 2 unspecified atom stereocenters. The molecular formula is C14H25N3O3. The molecule has 0 radical (unpaired) electrons. The first-order valence-electron chi connectivity index (χ1n) is 7.03. The number of nitrogens with zero attached hydrogens (tertiary/aromatic N) is 2. The average Bonchev–Trinajstić information content (AvgIpc) is 2.46. The lowest BCUT2D eigenvalue weighted by atomic mass is 9.73. The van der Waals surface area contributed by atoms with E-state index >= 15 is 0 Å². The van der Waals surface area contributed by atoms with Crippen LogP contribution in [0, 0.1) is 5.41 Å². The summed E-state index contributed by atoms with van der Waals surface area (Å²) in [5.74, 6) is 0.0828. The second-order valence-electron chi connectivity index (χ2n) is 7.31. The second kappa shape index (κ2) is 4.62. The Balaban J connectivity index is 1.97. The SMILES string of the molecule is CN1C(=O)CC(N)C1C1(C)CN(C(=O)OC(C)(C)C)C1. The fourth-order valence-electron chi connectivity index (χ4n) is 3.35. The molecule has 2 aliphatic rings. The van der Waals surface area contributed by atoms with Crippen LogP contribution in [-0.4, -0.2) is 59.6 Å². The molecule has 2 aliphatic heterocycles. The van der Waals surface area contributed by atoms with Gasteiger partial charge in [0.1, 0.15) is 5.60 Å². The highest BCUT2D eigenvalue weighted by atomic mass is 16.6. The smallest absolute Gasteiger partial charge is 0.410 e. The number of carbonyl (C=O) groups is 2. The standard InChI is InChI=1S/C14H25N3O3/c1-13(2,3)20-12(19)17-7-14(4,8-17)11-9(15)6-10(18)16(11)5/h9,11H,6-8,15H2,1-5H3. The third-order valence-corrected chi connectivity index (χ3v) is 4.10. The molecule has 2 fully saturated rings. The van der Waals surface area contributed by atoms with Gasteiger partial charge in [0.25, 0.3) is 0 Å². The number of hydrogen-bond acceptors (Lipinski definition) is 4. The van der Waals surface area contributed by atoms with Crippen molar-refractivity contribution in [1.29, 1.82) is 0 Å². The average molecular weight is 283 g/mol. The van der Waals surface area contributed by atoms with Gasteiger partial charge in [-0.1, -0.05) is 6.92 Å². The molecule has 0 bridgehead atoms. The summed E-state index contributed by atoms with van der Waals surface area (Å²) in [5, 5.41) is 0. The molecule has 0 aromatic rings. The van der Waals surface area contributed by atoms with Gasteiger partial charge < -0.3 is 20.3 Å². The number of rotatable bonds is 1. The Kier molecular flexibility index (Phi) is 3.48. The van der Waals surface area contributed by atoms with Crippen LogP contribution in [0.4, 0.5) is 4.79 Å². The highest BCUT2D eigenvalue weighted by Gasteiger charge is 2.54. The lowest BCUT2D eigenvalue weighted by molar-refractivity contribution is -0.131. The molecule has 6 heteroatoms. The van der Waals surface area contributed by atoms with Crippen molar-refractivity contribution in [2.45, 2.75) is 51.8 Å². The molecule has 2 rings (SSSR count). The van der Waals surface area contributed by atoms with Crippen LogP contribution < -0.4 is 5.73 Å². The number of nitrogens with two attached hydrogens (primary N) is 1. The predicted octanol–water partition coefficient (Wildman–Crippen LogP) is 0.801. The molecule has 2 saturated heterocycles. The van der Waals surface area contributed by atoms with Crippen molar-refractivity contribution in [2.24, 2.45) is 11.1 Å². The Bertz CT molecular complexity index is 424. The first-order valence-corrected chi connectivity index (χ1v) is 7.03. The van der Waals surface area contributed by atoms with Crippen LogP contribution in [0.5, 0.6) is 0 Å². The Morgan fingerprint density at radius 3 is 2.35 bits per heavy atom. The van der Waals surface area contributed by atoms with E-state index in [0.717, 1.165) is 0 Å². The van der Waals surface area contributed by atoms with Crippen LogP contribution in [0.2, 0.25) is 0 Å². The van der Waals surface area contributed by atoms with E-state index in [0.29, 0.717) is 19.5 Å². The minimum absolute atomic E-state index is 0.00585. The van der Waals surface area contributed by atoms with Crippen LogP contribution in [0.3, 0.4) is 0 Å². The van der Waals surface area contributed by atoms with E-state index in [9.17, 15) is 9.59 Å². The van der Waals surface area contributed by atoms with Crippen molar-refractivity contribution in [1.82, 2.24) is 9.80 Å². The number of carbonyl (C=O) groups excluding carboxylic acids is 2. The number of amides is 2. The number of likely N-dealkylation sites (N-methyl/N-ethyl adjacent to an activating group) is 1. The van der Waals surface area contributed by atoms with E-state index in [1.165, 1.54) is 0 Å². The minimum atomic E-state index is -0.487. The zero-order valence-corrected chi connectivity index (χ0v) is 13.0. The molecule has 0 saturated carbocycles. The Morgan fingerprint density at radius 1 is 1.40 bits per heavy atom. The van der Waals surface area contributed by atoms with Gasteiger partial charge in [-0.25, -0.2) is 4.79 Å². The number of ether oxygens (including phenoxy) is 1. The first-order chi connectivity index (χ1) is 9.03. The monoisotopic (exact) mass is 283 g/mol. The maximum Gasteiger partial charge on any atom is 0.410 e. The molecule has 2 amide bonds. The molecule has 2 atom stereocenters. The van der Waals surface area contributed by atoms with Gasteiger partial charge in [-0.15, -0.1) is 0 Å². The Hall–Kier alpha value is -1.30. The van der Waals surface area contributed by atoms with E-state index in [4.69, 9.17) is 10.5 Å². The Labute approximate surface area is 120 Å². The van der Waals surface area contributed by atoms with Gasteiger partial charge in [0.2, 0.25) is 5.91 Å². The third-order valence-electron chi connectivity index (χ3n) is 4.10. The molecular weight excluding hydrogens is 258 g/mol. The summed E-state index contributed by atoms with van der Waals surface area (Å²) in [6.07, 6.45) is 0.0962. The van der Waals surface area contributed by atoms with Gasteiger partial charge in [-0.3, -0.25) is 4.79 Å². The van der Waals surface area contributed by atoms with Crippen LogP contribution in [-0.2, 0) is 9.53 Å². The summed E-state index contributed by atoms with van der Waals surface area (Å²) < 4.78 is 5.35. The summed E-state index contributed by atoms with van der Waals surface area (Å²) in [5.41, 5.74) is 5.45. The molecule has 0 aromatic carbocycles. The lowest BCUT2D eigenvalue weighted by Gasteiger charge is -2.53. The van der Waals surface area contributed by atoms with Gasteiger partial charge in [-0.2, -0.15) is 0 Å². The third kappa shape index (κ3) is 2.61. The van der Waals surface area contributed by atoms with E-state index in [1.807, 2.05) is 20.8 Å². The topological polar surface area (TPSA) is 75.9 Å². The minimum Gasteiger partial charge on any atom is -0.444 e. The van der Waals surface area contributed by atoms with Crippen molar-refractivity contribution in [2.75, 3.05) is 20.1 Å². The maximum absolute atomic E-state index is 12.0. The summed E-state index contributed by atoms with van der Waals surface area (Å²) >= 11 is 0. The predicted molar refractivity (Wildman–Crippen MR) is 75.1 cm³/mol. The van der Waals surface area contributed by atoms with Crippen LogP contribution in [0.25, 0.3) is 0 Å². The molecule has 0 aromatic heterocycles. The quantitative estimate of drug-likeness (QED) is 0.772. The highest BCUT2D eigenvalue weighted by molar-refractivity contribution is 5.80. The summed E-state index contributed by atoms with van der Waals surface area (Å²) in [6, 6.07) is -0.160. The van der Waals surface area contributed by atoms with Gasteiger partial charge >= 0.3 is 6.09 Å². The fraction of sp³-hybridized carbons (Fsp3) is 0.857. The number of hydrogen-bond donors (Lipinski definition) is 1. The molecule has 2 N–H and O–H groups in total. The molecule has 0 aliphatic carbocycles. The summed E-state index contributed by atoms with van der Waals surface area (Å²) in [7, 11) is 1.79. The molecule has 2 heterocycles. The van der Waals surface area contributed by atoms with Crippen molar-refractivity contribution in [3.63, 3.8) is 0 Å². The summed E-state index contributed by atoms with van der Waals surface area (Å²) in [4.78, 5) is 27.1.